The van der Waals surface area contributed by atoms with E-state index in [1.165, 1.54) is 12.3 Å². The van der Waals surface area contributed by atoms with Gasteiger partial charge in [0, 0.05) is 24.1 Å². The highest BCUT2D eigenvalue weighted by atomic mass is 16.5. The molecule has 0 saturated carbocycles. The first-order chi connectivity index (χ1) is 14.5. The molecule has 0 radical (unpaired) electrons. The second kappa shape index (κ2) is 9.36. The van der Waals surface area contributed by atoms with Crippen LogP contribution in [0, 0.1) is 36.5 Å². The molecule has 1 aliphatic carbocycles. The van der Waals surface area contributed by atoms with Crippen LogP contribution in [0.25, 0.3) is 5.70 Å². The van der Waals surface area contributed by atoms with Crippen molar-refractivity contribution in [3.63, 3.8) is 0 Å². The van der Waals surface area contributed by atoms with Gasteiger partial charge in [0.25, 0.3) is 0 Å². The molecule has 3 rings (SSSR count). The van der Waals surface area contributed by atoms with Gasteiger partial charge in [-0.1, -0.05) is 37.6 Å². The van der Waals surface area contributed by atoms with Gasteiger partial charge in [-0.15, -0.1) is 10.2 Å². The minimum Gasteiger partial charge on any atom is -0.455 e. The molecule has 30 heavy (non-hydrogen) atoms. The number of nitrogens with zero attached hydrogens (tertiary/aromatic N) is 4. The third-order valence-electron chi connectivity index (χ3n) is 5.39. The number of aromatic nitrogens is 3. The Morgan fingerprint density at radius 3 is 2.70 bits per heavy atom. The van der Waals surface area contributed by atoms with Crippen LogP contribution in [0.2, 0.25) is 0 Å². The molecule has 6 heteroatoms. The summed E-state index contributed by atoms with van der Waals surface area (Å²) in [5.74, 6) is 3.26. The van der Waals surface area contributed by atoms with Gasteiger partial charge >= 0.3 is 0 Å². The van der Waals surface area contributed by atoms with Gasteiger partial charge in [-0.3, -0.25) is 4.57 Å². The van der Waals surface area contributed by atoms with Gasteiger partial charge in [0.05, 0.1) is 11.8 Å². The highest BCUT2D eigenvalue weighted by Gasteiger charge is 2.25. The van der Waals surface area contributed by atoms with Crippen molar-refractivity contribution in [3.05, 3.63) is 71.0 Å². The topological polar surface area (TPSA) is 87.6 Å². The molecule has 1 unspecified atom stereocenters. The smallest absolute Gasteiger partial charge is 0.147 e. The molecule has 1 aromatic carbocycles. The number of benzene rings is 1. The SMILES string of the molecule is CC[C@@H](C)c1nnc(C)n1C1=CCC(/C(C=N)=C/C#N)C=C1Oc1ccc(C)cc1. The van der Waals surface area contributed by atoms with Gasteiger partial charge in [-0.2, -0.15) is 5.26 Å². The van der Waals surface area contributed by atoms with Crippen LogP contribution in [0.5, 0.6) is 5.75 Å². The number of hydrogen-bond donors (Lipinski definition) is 1. The lowest BCUT2D eigenvalue weighted by Gasteiger charge is -2.25. The molecule has 0 aliphatic heterocycles. The third-order valence-corrected chi connectivity index (χ3v) is 5.39. The van der Waals surface area contributed by atoms with Crippen molar-refractivity contribution in [1.82, 2.24) is 14.8 Å². The van der Waals surface area contributed by atoms with Gasteiger partial charge in [0.2, 0.25) is 0 Å². The number of rotatable bonds is 7. The van der Waals surface area contributed by atoms with E-state index in [0.717, 1.165) is 35.1 Å². The predicted molar refractivity (Wildman–Crippen MR) is 118 cm³/mol. The number of nitrogens with one attached hydrogen (secondary N) is 1. The second-order valence-corrected chi connectivity index (χ2v) is 7.55. The predicted octanol–water partition coefficient (Wildman–Crippen LogP) is 5.33. The van der Waals surface area contributed by atoms with E-state index in [1.807, 2.05) is 50.3 Å². The first-order valence-corrected chi connectivity index (χ1v) is 10.2. The average Bonchev–Trinajstić information content (AvgIpc) is 3.14. The van der Waals surface area contributed by atoms with Crippen molar-refractivity contribution in [3.8, 4) is 11.8 Å². The van der Waals surface area contributed by atoms with E-state index in [1.54, 1.807) is 0 Å². The van der Waals surface area contributed by atoms with E-state index in [0.29, 0.717) is 17.8 Å². The highest BCUT2D eigenvalue weighted by Crippen LogP contribution is 2.34. The fraction of sp³-hybridized carbons (Fsp3) is 0.333. The van der Waals surface area contributed by atoms with Crippen LogP contribution in [-0.4, -0.2) is 21.0 Å². The van der Waals surface area contributed by atoms with Crippen LogP contribution >= 0.6 is 0 Å². The molecule has 1 aliphatic rings. The van der Waals surface area contributed by atoms with Crippen molar-refractivity contribution in [2.75, 3.05) is 0 Å². The van der Waals surface area contributed by atoms with Crippen molar-refractivity contribution >= 4 is 11.9 Å². The molecule has 154 valence electrons. The maximum Gasteiger partial charge on any atom is 0.147 e. The zero-order valence-electron chi connectivity index (χ0n) is 17.9. The lowest BCUT2D eigenvalue weighted by molar-refractivity contribution is 0.432. The molecule has 0 bridgehead atoms. The maximum absolute atomic E-state index is 9.07. The van der Waals surface area contributed by atoms with Crippen LogP contribution in [-0.2, 0) is 0 Å². The molecule has 0 spiro atoms. The molecular formula is C24H27N5O. The van der Waals surface area contributed by atoms with Crippen molar-refractivity contribution in [2.45, 2.75) is 46.5 Å². The Kier molecular flexibility index (Phi) is 6.63. The van der Waals surface area contributed by atoms with Crippen LogP contribution < -0.4 is 4.74 Å². The fourth-order valence-electron chi connectivity index (χ4n) is 3.44. The summed E-state index contributed by atoms with van der Waals surface area (Å²) in [5.41, 5.74) is 2.71. The first-order valence-electron chi connectivity index (χ1n) is 10.2. The normalized spacial score (nSPS) is 17.6. The average molecular weight is 402 g/mol. The standard InChI is InChI=1S/C24H27N5O/c1-5-17(3)24-28-27-18(4)29(24)22-11-8-19(20(15-26)12-13-25)14-23(22)30-21-9-6-16(2)7-10-21/h6-7,9-12,14-15,17,19,26H,5,8H2,1-4H3/b20-12+,26-15?/t17-,19?/m1/s1. The molecule has 0 fully saturated rings. The molecule has 6 nitrogen and oxygen atoms in total. The largest absolute Gasteiger partial charge is 0.455 e. The van der Waals surface area contributed by atoms with Gasteiger partial charge in [-0.05, 0) is 50.5 Å². The van der Waals surface area contributed by atoms with Crippen LogP contribution in [0.15, 0.2) is 53.8 Å². The summed E-state index contributed by atoms with van der Waals surface area (Å²) in [6.07, 6.45) is 8.35. The van der Waals surface area contributed by atoms with Gasteiger partial charge in [-0.25, -0.2) is 0 Å². The summed E-state index contributed by atoms with van der Waals surface area (Å²) >= 11 is 0. The van der Waals surface area contributed by atoms with E-state index in [-0.39, 0.29) is 11.8 Å². The van der Waals surface area contributed by atoms with E-state index >= 15 is 0 Å². The molecule has 1 N–H and O–H groups in total. The number of allylic oxidation sites excluding steroid dienone is 5. The summed E-state index contributed by atoms with van der Waals surface area (Å²) in [7, 11) is 0. The van der Waals surface area contributed by atoms with E-state index < -0.39 is 0 Å². The summed E-state index contributed by atoms with van der Waals surface area (Å²) in [4.78, 5) is 0. The van der Waals surface area contributed by atoms with Gasteiger partial charge < -0.3 is 10.1 Å². The zero-order valence-corrected chi connectivity index (χ0v) is 17.9. The number of nitriles is 1. The quantitative estimate of drug-likeness (QED) is 0.501. The minimum absolute atomic E-state index is 0.102. The molecular weight excluding hydrogens is 374 g/mol. The highest BCUT2D eigenvalue weighted by molar-refractivity contribution is 5.79. The Bertz CT molecular complexity index is 1050. The van der Waals surface area contributed by atoms with Crippen LogP contribution in [0.1, 0.15) is 49.8 Å². The molecule has 1 aromatic heterocycles. The Balaban J connectivity index is 2.07. The molecule has 2 aromatic rings. The second-order valence-electron chi connectivity index (χ2n) is 7.55. The molecule has 2 atom stereocenters. The Hall–Kier alpha value is -3.46. The monoisotopic (exact) mass is 401 g/mol. The lowest BCUT2D eigenvalue weighted by atomic mass is 9.90. The Morgan fingerprint density at radius 2 is 2.07 bits per heavy atom. The molecule has 0 saturated heterocycles. The summed E-state index contributed by atoms with van der Waals surface area (Å²) < 4.78 is 8.36. The summed E-state index contributed by atoms with van der Waals surface area (Å²) in [6, 6.07) is 9.93. The van der Waals surface area contributed by atoms with Gasteiger partial charge in [0.1, 0.15) is 23.2 Å². The van der Waals surface area contributed by atoms with Crippen molar-refractivity contribution in [1.29, 1.82) is 10.7 Å². The molecule has 0 amide bonds. The van der Waals surface area contributed by atoms with E-state index in [2.05, 4.69) is 34.7 Å². The summed E-state index contributed by atoms with van der Waals surface area (Å²) in [5, 5.41) is 25.5. The van der Waals surface area contributed by atoms with Crippen molar-refractivity contribution in [2.24, 2.45) is 5.92 Å². The van der Waals surface area contributed by atoms with Crippen LogP contribution in [0.4, 0.5) is 0 Å². The van der Waals surface area contributed by atoms with Crippen molar-refractivity contribution < 1.29 is 4.74 Å². The zero-order chi connectivity index (χ0) is 21.7. The number of ether oxygens (including phenoxy) is 1. The first kappa shape index (κ1) is 21.3. The third kappa shape index (κ3) is 4.41. The maximum atomic E-state index is 9.07. The van der Waals surface area contributed by atoms with Crippen LogP contribution in [0.3, 0.4) is 0 Å². The Labute approximate surface area is 177 Å². The number of hydrogen-bond acceptors (Lipinski definition) is 5. The molecule has 1 heterocycles. The minimum atomic E-state index is -0.102. The fourth-order valence-corrected chi connectivity index (χ4v) is 3.44. The number of aryl methyl sites for hydroxylation is 2. The van der Waals surface area contributed by atoms with Gasteiger partial charge in [0.15, 0.2) is 0 Å². The Morgan fingerprint density at radius 1 is 1.33 bits per heavy atom. The van der Waals surface area contributed by atoms with E-state index in [4.69, 9.17) is 15.4 Å². The lowest BCUT2D eigenvalue weighted by Crippen LogP contribution is -2.17. The van der Waals surface area contributed by atoms with E-state index in [9.17, 15) is 0 Å². The summed E-state index contributed by atoms with van der Waals surface area (Å²) in [6.45, 7) is 8.24.